The highest BCUT2D eigenvalue weighted by Gasteiger charge is 2.29. The second-order valence-electron chi connectivity index (χ2n) is 5.44. The highest BCUT2D eigenvalue weighted by molar-refractivity contribution is 6.04. The highest BCUT2D eigenvalue weighted by atomic mass is 16.6. The first-order valence-electron chi connectivity index (χ1n) is 7.52. The number of benzene rings is 1. The molecule has 3 rings (SSSR count). The van der Waals surface area contributed by atoms with Gasteiger partial charge in [0.25, 0.3) is 5.91 Å². The van der Waals surface area contributed by atoms with Crippen molar-refractivity contribution in [3.8, 4) is 5.75 Å². The number of methoxy groups -OCH3 is 1. The number of ether oxygens (including phenoxy) is 2. The number of nitrogens with zero attached hydrogens (tertiary/aromatic N) is 1. The van der Waals surface area contributed by atoms with Gasteiger partial charge in [-0.15, -0.1) is 0 Å². The van der Waals surface area contributed by atoms with Crippen molar-refractivity contribution in [2.75, 3.05) is 20.3 Å². The van der Waals surface area contributed by atoms with Crippen LogP contribution in [-0.2, 0) is 14.4 Å². The predicted octanol–water partition coefficient (Wildman–Crippen LogP) is 1.48. The Morgan fingerprint density at radius 1 is 1.41 bits per heavy atom. The topological polar surface area (TPSA) is 69.2 Å². The average Bonchev–Trinajstić information content (AvgIpc) is 3.24. The van der Waals surface area contributed by atoms with Crippen LogP contribution in [0.3, 0.4) is 0 Å². The number of carbonyl (C=O) groups is 1. The van der Waals surface area contributed by atoms with Gasteiger partial charge < -0.3 is 19.6 Å². The number of nitrogens with one attached hydrogen (secondary N) is 1. The van der Waals surface area contributed by atoms with Crippen molar-refractivity contribution < 1.29 is 19.1 Å². The maximum atomic E-state index is 12.1. The zero-order valence-electron chi connectivity index (χ0n) is 12.6. The molecule has 1 aromatic rings. The van der Waals surface area contributed by atoms with E-state index in [-0.39, 0.29) is 12.0 Å². The number of hydrogen-bond donors (Lipinski definition) is 1. The smallest absolute Gasteiger partial charge is 0.264 e. The zero-order valence-corrected chi connectivity index (χ0v) is 12.6. The third kappa shape index (κ3) is 3.39. The lowest BCUT2D eigenvalue weighted by Crippen LogP contribution is -2.39. The van der Waals surface area contributed by atoms with Gasteiger partial charge in [0.1, 0.15) is 5.75 Å². The van der Waals surface area contributed by atoms with Gasteiger partial charge in [0.2, 0.25) is 6.10 Å². The lowest BCUT2D eigenvalue weighted by Gasteiger charge is -2.13. The van der Waals surface area contributed by atoms with Crippen LogP contribution in [-0.4, -0.2) is 44.1 Å². The maximum Gasteiger partial charge on any atom is 0.264 e. The molecule has 1 N–H and O–H groups in total. The van der Waals surface area contributed by atoms with Gasteiger partial charge in [-0.25, -0.2) is 0 Å². The molecule has 2 atom stereocenters. The van der Waals surface area contributed by atoms with Crippen molar-refractivity contribution in [1.29, 1.82) is 0 Å². The summed E-state index contributed by atoms with van der Waals surface area (Å²) in [6.07, 6.45) is 2.11. The summed E-state index contributed by atoms with van der Waals surface area (Å²) in [5.41, 5.74) is 1.72. The number of amides is 1. The normalized spacial score (nSPS) is 23.8. The lowest BCUT2D eigenvalue weighted by molar-refractivity contribution is -0.131. The van der Waals surface area contributed by atoms with E-state index >= 15 is 0 Å². The molecule has 1 aromatic carbocycles. The summed E-state index contributed by atoms with van der Waals surface area (Å²) >= 11 is 0. The second-order valence-corrected chi connectivity index (χ2v) is 5.44. The summed E-state index contributed by atoms with van der Waals surface area (Å²) in [5.74, 6) is 0.650. The van der Waals surface area contributed by atoms with Gasteiger partial charge in [-0.05, 0) is 42.7 Å². The Kier molecular flexibility index (Phi) is 4.58. The van der Waals surface area contributed by atoms with Crippen LogP contribution in [0.2, 0.25) is 0 Å². The predicted molar refractivity (Wildman–Crippen MR) is 81.0 cm³/mol. The average molecular weight is 304 g/mol. The molecule has 2 aliphatic rings. The van der Waals surface area contributed by atoms with E-state index in [0.717, 1.165) is 36.5 Å². The molecular formula is C16H20N2O4. The molecule has 1 saturated heterocycles. The van der Waals surface area contributed by atoms with Crippen LogP contribution in [0.4, 0.5) is 0 Å². The van der Waals surface area contributed by atoms with Crippen LogP contribution in [0.5, 0.6) is 5.75 Å². The van der Waals surface area contributed by atoms with Crippen molar-refractivity contribution in [2.45, 2.75) is 31.5 Å². The summed E-state index contributed by atoms with van der Waals surface area (Å²) in [6, 6.07) is 7.55. The molecule has 0 bridgehead atoms. The van der Waals surface area contributed by atoms with E-state index in [9.17, 15) is 4.79 Å². The van der Waals surface area contributed by atoms with E-state index < -0.39 is 6.10 Å². The number of oxime groups is 1. The van der Waals surface area contributed by atoms with E-state index in [1.807, 2.05) is 24.3 Å². The van der Waals surface area contributed by atoms with Gasteiger partial charge in [-0.2, -0.15) is 0 Å². The third-order valence-corrected chi connectivity index (χ3v) is 3.91. The third-order valence-electron chi connectivity index (χ3n) is 3.91. The number of carbonyl (C=O) groups excluding carboxylic acids is 1. The maximum absolute atomic E-state index is 12.1. The molecule has 0 radical (unpaired) electrons. The monoisotopic (exact) mass is 304 g/mol. The first kappa shape index (κ1) is 14.8. The number of rotatable bonds is 5. The second kappa shape index (κ2) is 6.79. The molecule has 22 heavy (non-hydrogen) atoms. The van der Waals surface area contributed by atoms with Crippen molar-refractivity contribution in [2.24, 2.45) is 5.16 Å². The van der Waals surface area contributed by atoms with Gasteiger partial charge in [-0.1, -0.05) is 5.16 Å². The van der Waals surface area contributed by atoms with E-state index in [1.54, 1.807) is 7.11 Å². The van der Waals surface area contributed by atoms with Crippen LogP contribution in [0.1, 0.15) is 24.8 Å². The molecular weight excluding hydrogens is 284 g/mol. The van der Waals surface area contributed by atoms with Gasteiger partial charge in [0.05, 0.1) is 18.9 Å². The van der Waals surface area contributed by atoms with Crippen molar-refractivity contribution in [1.82, 2.24) is 5.32 Å². The lowest BCUT2D eigenvalue weighted by atomic mass is 10.0. The Bertz CT molecular complexity index is 550. The molecule has 6 nitrogen and oxygen atoms in total. The summed E-state index contributed by atoms with van der Waals surface area (Å²) in [4.78, 5) is 17.4. The molecule has 0 saturated carbocycles. The Hall–Kier alpha value is -2.08. The number of hydrogen-bond acceptors (Lipinski definition) is 5. The van der Waals surface area contributed by atoms with E-state index in [1.165, 1.54) is 0 Å². The molecule has 0 aliphatic carbocycles. The minimum Gasteiger partial charge on any atom is -0.497 e. The fourth-order valence-electron chi connectivity index (χ4n) is 2.61. The van der Waals surface area contributed by atoms with Crippen LogP contribution >= 0.6 is 0 Å². The minimum absolute atomic E-state index is 0.132. The Labute approximate surface area is 129 Å². The summed E-state index contributed by atoms with van der Waals surface area (Å²) in [7, 11) is 1.62. The fourth-order valence-corrected chi connectivity index (χ4v) is 2.61. The Balaban J connectivity index is 1.50. The molecule has 118 valence electrons. The van der Waals surface area contributed by atoms with E-state index in [4.69, 9.17) is 14.3 Å². The molecule has 6 heteroatoms. The molecule has 0 spiro atoms. The van der Waals surface area contributed by atoms with Crippen LogP contribution in [0.25, 0.3) is 0 Å². The highest BCUT2D eigenvalue weighted by Crippen LogP contribution is 2.19. The molecule has 0 aromatic heterocycles. The molecule has 2 aliphatic heterocycles. The zero-order chi connectivity index (χ0) is 15.4. The minimum atomic E-state index is -0.557. The van der Waals surface area contributed by atoms with E-state index in [0.29, 0.717) is 13.0 Å². The van der Waals surface area contributed by atoms with Crippen LogP contribution < -0.4 is 10.1 Å². The summed E-state index contributed by atoms with van der Waals surface area (Å²) < 4.78 is 10.6. The largest absolute Gasteiger partial charge is 0.497 e. The quantitative estimate of drug-likeness (QED) is 0.894. The molecule has 1 fully saturated rings. The van der Waals surface area contributed by atoms with Gasteiger partial charge in [-0.3, -0.25) is 4.79 Å². The van der Waals surface area contributed by atoms with Gasteiger partial charge >= 0.3 is 0 Å². The van der Waals surface area contributed by atoms with Crippen LogP contribution in [0.15, 0.2) is 29.4 Å². The Morgan fingerprint density at radius 2 is 2.23 bits per heavy atom. The first-order chi connectivity index (χ1) is 10.8. The van der Waals surface area contributed by atoms with Gasteiger partial charge in [0.15, 0.2) is 0 Å². The van der Waals surface area contributed by atoms with Crippen molar-refractivity contribution >= 4 is 11.6 Å². The Morgan fingerprint density at radius 3 is 2.91 bits per heavy atom. The first-order valence-corrected chi connectivity index (χ1v) is 7.52. The molecule has 1 amide bonds. The van der Waals surface area contributed by atoms with Crippen molar-refractivity contribution in [3.63, 3.8) is 0 Å². The standard InChI is InChI=1S/C16H20N2O4/c1-20-12-6-4-11(5-7-12)14-9-15(22-18-14)16(19)17-10-13-3-2-8-21-13/h4-7,13,15H,2-3,8-10H2,1H3,(H,17,19)/t13-,15+/m1/s1. The van der Waals surface area contributed by atoms with E-state index in [2.05, 4.69) is 10.5 Å². The molecule has 2 heterocycles. The summed E-state index contributed by atoms with van der Waals surface area (Å²) in [5, 5.41) is 6.90. The summed E-state index contributed by atoms with van der Waals surface area (Å²) in [6.45, 7) is 1.32. The van der Waals surface area contributed by atoms with Crippen LogP contribution in [0, 0.1) is 0 Å². The SMILES string of the molecule is COc1ccc(C2=NO[C@H](C(=O)NC[C@H]3CCCO3)C2)cc1. The fraction of sp³-hybridized carbons (Fsp3) is 0.500. The van der Waals surface area contributed by atoms with Crippen molar-refractivity contribution in [3.05, 3.63) is 29.8 Å². The van der Waals surface area contributed by atoms with Gasteiger partial charge in [0, 0.05) is 19.6 Å². The molecule has 0 unspecified atom stereocenters.